The van der Waals surface area contributed by atoms with Gasteiger partial charge in [-0.05, 0) is 62.6 Å². The van der Waals surface area contributed by atoms with E-state index in [9.17, 15) is 0 Å². The Hall–Kier alpha value is -3.00. The smallest absolute Gasteiger partial charge is 0.213 e. The lowest BCUT2D eigenvalue weighted by Gasteiger charge is -2.11. The van der Waals surface area contributed by atoms with Crippen LogP contribution >= 0.6 is 0 Å². The lowest BCUT2D eigenvalue weighted by atomic mass is 9.95. The highest BCUT2D eigenvalue weighted by Gasteiger charge is 2.17. The maximum Gasteiger partial charge on any atom is 0.213 e. The molecule has 2 heterocycles. The summed E-state index contributed by atoms with van der Waals surface area (Å²) in [5, 5.41) is 2.46. The third kappa shape index (κ3) is 3.12. The van der Waals surface area contributed by atoms with Crippen LogP contribution in [-0.4, -0.2) is 4.98 Å². The van der Waals surface area contributed by atoms with Gasteiger partial charge in [0, 0.05) is 34.2 Å². The molecule has 0 amide bonds. The Kier molecular flexibility index (Phi) is 4.27. The second kappa shape index (κ2) is 6.62. The number of pyridine rings is 2. The highest BCUT2D eigenvalue weighted by Crippen LogP contribution is 2.31. The average Bonchev–Trinajstić information content (AvgIpc) is 2.64. The van der Waals surface area contributed by atoms with Gasteiger partial charge in [-0.1, -0.05) is 29.8 Å². The zero-order valence-corrected chi connectivity index (χ0v) is 16.7. The minimum Gasteiger partial charge on any atom is -0.256 e. The number of fused-ring (bicyclic) bond motifs is 1. The maximum absolute atomic E-state index is 4.66. The van der Waals surface area contributed by atoms with Crippen LogP contribution in [0.5, 0.6) is 0 Å². The first-order valence-electron chi connectivity index (χ1n) is 9.37. The van der Waals surface area contributed by atoms with Gasteiger partial charge in [-0.15, -0.1) is 0 Å². The van der Waals surface area contributed by atoms with Crippen molar-refractivity contribution in [2.24, 2.45) is 7.05 Å². The Bertz CT molecular complexity index is 1160. The molecule has 0 aliphatic carbocycles. The van der Waals surface area contributed by atoms with Crippen molar-refractivity contribution in [1.29, 1.82) is 0 Å². The van der Waals surface area contributed by atoms with Gasteiger partial charge >= 0.3 is 0 Å². The Morgan fingerprint density at radius 1 is 0.815 bits per heavy atom. The molecule has 0 aliphatic rings. The second-order valence-electron chi connectivity index (χ2n) is 7.55. The number of rotatable bonds is 2. The zero-order valence-electron chi connectivity index (χ0n) is 16.7. The number of hydrogen-bond acceptors (Lipinski definition) is 1. The molecule has 0 aliphatic heterocycles. The summed E-state index contributed by atoms with van der Waals surface area (Å²) in [4.78, 5) is 4.66. The molecule has 0 saturated heterocycles. The van der Waals surface area contributed by atoms with Crippen molar-refractivity contribution >= 4 is 10.8 Å². The summed E-state index contributed by atoms with van der Waals surface area (Å²) in [6.07, 6.45) is 4.16. The predicted octanol–water partition coefficient (Wildman–Crippen LogP) is 5.63. The summed E-state index contributed by atoms with van der Waals surface area (Å²) >= 11 is 0. The number of hydrogen-bond donors (Lipinski definition) is 0. The average molecular weight is 353 g/mol. The normalized spacial score (nSPS) is 11.1. The predicted molar refractivity (Wildman–Crippen MR) is 113 cm³/mol. The van der Waals surface area contributed by atoms with Crippen molar-refractivity contribution in [3.05, 3.63) is 83.2 Å². The summed E-state index contributed by atoms with van der Waals surface area (Å²) in [5.74, 6) is 0. The van der Waals surface area contributed by atoms with E-state index < -0.39 is 0 Å². The summed E-state index contributed by atoms with van der Waals surface area (Å²) in [6, 6.07) is 17.5. The molecule has 0 N–H and O–H groups in total. The monoisotopic (exact) mass is 353 g/mol. The van der Waals surface area contributed by atoms with Crippen LogP contribution in [0.15, 0.2) is 60.9 Å². The SMILES string of the molecule is Cc1ccc(-c2cccc3c[n+](C)c(-c4cc(C)cc(C)c4C)cc23)nc1. The van der Waals surface area contributed by atoms with Gasteiger partial charge in [-0.3, -0.25) is 4.98 Å². The van der Waals surface area contributed by atoms with Gasteiger partial charge in [0.25, 0.3) is 0 Å². The molecule has 0 fully saturated rings. The van der Waals surface area contributed by atoms with Crippen LogP contribution in [-0.2, 0) is 7.05 Å². The quantitative estimate of drug-likeness (QED) is 0.427. The third-order valence-corrected chi connectivity index (χ3v) is 5.41. The fourth-order valence-corrected chi connectivity index (χ4v) is 3.80. The van der Waals surface area contributed by atoms with Crippen LogP contribution in [0.2, 0.25) is 0 Å². The molecule has 2 aromatic heterocycles. The molecule has 2 heteroatoms. The van der Waals surface area contributed by atoms with Crippen molar-refractivity contribution in [3.8, 4) is 22.5 Å². The van der Waals surface area contributed by atoms with Crippen LogP contribution in [0, 0.1) is 27.7 Å². The van der Waals surface area contributed by atoms with E-state index in [1.807, 2.05) is 6.20 Å². The highest BCUT2D eigenvalue weighted by molar-refractivity contribution is 5.96. The molecule has 4 rings (SSSR count). The Balaban J connectivity index is 2.00. The molecule has 27 heavy (non-hydrogen) atoms. The summed E-state index contributed by atoms with van der Waals surface area (Å²) in [6.45, 7) is 8.63. The molecule has 134 valence electrons. The lowest BCUT2D eigenvalue weighted by Crippen LogP contribution is -2.30. The minimum atomic E-state index is 1.02. The van der Waals surface area contributed by atoms with E-state index in [-0.39, 0.29) is 0 Å². The van der Waals surface area contributed by atoms with Crippen LogP contribution in [0.4, 0.5) is 0 Å². The molecular weight excluding hydrogens is 328 g/mol. The van der Waals surface area contributed by atoms with E-state index in [4.69, 9.17) is 0 Å². The van der Waals surface area contributed by atoms with Crippen molar-refractivity contribution < 1.29 is 4.57 Å². The lowest BCUT2D eigenvalue weighted by molar-refractivity contribution is -0.659. The number of benzene rings is 2. The zero-order chi connectivity index (χ0) is 19.1. The van der Waals surface area contributed by atoms with Crippen LogP contribution < -0.4 is 4.57 Å². The van der Waals surface area contributed by atoms with Crippen molar-refractivity contribution in [2.45, 2.75) is 27.7 Å². The number of nitrogens with zero attached hydrogens (tertiary/aromatic N) is 2. The summed E-state index contributed by atoms with van der Waals surface area (Å²) < 4.78 is 2.23. The first-order valence-corrected chi connectivity index (χ1v) is 9.37. The van der Waals surface area contributed by atoms with Crippen molar-refractivity contribution in [3.63, 3.8) is 0 Å². The van der Waals surface area contributed by atoms with E-state index in [2.05, 4.69) is 99.0 Å². The summed E-state index contributed by atoms with van der Waals surface area (Å²) in [7, 11) is 2.13. The van der Waals surface area contributed by atoms with Crippen molar-refractivity contribution in [1.82, 2.24) is 4.98 Å². The highest BCUT2D eigenvalue weighted by atomic mass is 14.9. The molecule has 0 bridgehead atoms. The Morgan fingerprint density at radius 3 is 2.37 bits per heavy atom. The molecule has 2 aromatic carbocycles. The number of aromatic nitrogens is 2. The molecular formula is C25H25N2+. The van der Waals surface area contributed by atoms with Gasteiger partial charge in [-0.25, -0.2) is 4.57 Å². The van der Waals surface area contributed by atoms with Gasteiger partial charge in [0.15, 0.2) is 6.20 Å². The summed E-state index contributed by atoms with van der Waals surface area (Å²) in [5.41, 5.74) is 9.85. The topological polar surface area (TPSA) is 16.8 Å². The van der Waals surface area contributed by atoms with Crippen molar-refractivity contribution in [2.75, 3.05) is 0 Å². The van der Waals surface area contributed by atoms with E-state index in [0.717, 1.165) is 5.69 Å². The minimum absolute atomic E-state index is 1.02. The van der Waals surface area contributed by atoms with Gasteiger partial charge in [0.05, 0.1) is 5.69 Å². The molecule has 4 aromatic rings. The molecule has 0 radical (unpaired) electrons. The molecule has 0 saturated carbocycles. The third-order valence-electron chi connectivity index (χ3n) is 5.41. The van der Waals surface area contributed by atoms with Gasteiger partial charge in [-0.2, -0.15) is 0 Å². The Morgan fingerprint density at radius 2 is 1.63 bits per heavy atom. The van der Waals surface area contributed by atoms with Crippen LogP contribution in [0.3, 0.4) is 0 Å². The first kappa shape index (κ1) is 17.4. The van der Waals surface area contributed by atoms with E-state index in [1.165, 1.54) is 49.8 Å². The maximum atomic E-state index is 4.66. The van der Waals surface area contributed by atoms with Gasteiger partial charge in [0.1, 0.15) is 7.05 Å². The second-order valence-corrected chi connectivity index (χ2v) is 7.55. The van der Waals surface area contributed by atoms with Gasteiger partial charge in [0.2, 0.25) is 5.69 Å². The van der Waals surface area contributed by atoms with Crippen LogP contribution in [0.25, 0.3) is 33.3 Å². The standard InChI is InChI=1S/C25H25N2/c1-16-9-10-24(26-14-16)21-8-6-7-20-15-27(5)25(13-23(20)21)22-12-17(2)11-18(3)19(22)4/h6-15H,1-5H3/q+1. The van der Waals surface area contributed by atoms with E-state index >= 15 is 0 Å². The van der Waals surface area contributed by atoms with E-state index in [1.54, 1.807) is 0 Å². The Labute approximate surface area is 161 Å². The van der Waals surface area contributed by atoms with Crippen LogP contribution in [0.1, 0.15) is 22.3 Å². The van der Waals surface area contributed by atoms with Gasteiger partial charge < -0.3 is 0 Å². The molecule has 0 atom stereocenters. The number of aryl methyl sites for hydroxylation is 4. The fraction of sp³-hybridized carbons (Fsp3) is 0.200. The molecule has 0 spiro atoms. The fourth-order valence-electron chi connectivity index (χ4n) is 3.80. The molecule has 2 nitrogen and oxygen atoms in total. The molecule has 0 unspecified atom stereocenters. The van der Waals surface area contributed by atoms with E-state index in [0.29, 0.717) is 0 Å². The first-order chi connectivity index (χ1) is 12.9. The largest absolute Gasteiger partial charge is 0.256 e.